The number of sulfone groups is 1. The van der Waals surface area contributed by atoms with Crippen molar-refractivity contribution in [3.63, 3.8) is 0 Å². The van der Waals surface area contributed by atoms with Gasteiger partial charge in [-0.25, -0.2) is 19.2 Å². The van der Waals surface area contributed by atoms with Crippen molar-refractivity contribution in [2.75, 3.05) is 24.0 Å². The second kappa shape index (κ2) is 5.14. The summed E-state index contributed by atoms with van der Waals surface area (Å²) in [6.07, 6.45) is 0.472. The topological polar surface area (TPSA) is 105 Å². The first-order valence-corrected chi connectivity index (χ1v) is 7.66. The lowest BCUT2D eigenvalue weighted by Crippen LogP contribution is -2.38. The van der Waals surface area contributed by atoms with E-state index in [4.69, 9.17) is 5.84 Å². The zero-order valence-electron chi connectivity index (χ0n) is 10.5. The van der Waals surface area contributed by atoms with Crippen LogP contribution in [0.15, 0.2) is 18.2 Å². The Hall–Kier alpha value is -1.67. The van der Waals surface area contributed by atoms with Gasteiger partial charge in [0.1, 0.15) is 11.5 Å². The molecule has 1 aliphatic rings. The molecule has 2 rings (SSSR count). The van der Waals surface area contributed by atoms with Crippen molar-refractivity contribution in [3.05, 3.63) is 23.9 Å². The Bertz CT molecular complexity index is 587. The predicted octanol–water partition coefficient (Wildman–Crippen LogP) is -0.374. The molecular formula is C11H16N4O3S. The normalized spacial score (nSPS) is 21.1. The van der Waals surface area contributed by atoms with Crippen LogP contribution in [0.5, 0.6) is 0 Å². The molecule has 0 radical (unpaired) electrons. The summed E-state index contributed by atoms with van der Waals surface area (Å²) in [7, 11) is -1.42. The van der Waals surface area contributed by atoms with Crippen LogP contribution < -0.4 is 11.3 Å². The summed E-state index contributed by atoms with van der Waals surface area (Å²) in [5, 5.41) is 0. The van der Waals surface area contributed by atoms with E-state index in [0.29, 0.717) is 12.2 Å². The molecule has 3 N–H and O–H groups in total. The Morgan fingerprint density at radius 3 is 2.84 bits per heavy atom. The number of nitrogens with two attached hydrogens (primary N) is 1. The van der Waals surface area contributed by atoms with Gasteiger partial charge < -0.3 is 10.3 Å². The molecule has 0 aromatic carbocycles. The standard InChI is InChI=1S/C11H16N4O3S/c1-15(8-5-6-19(17,18)7-8)11(16)9-3-2-4-10(13-9)14-12/h2-4,8H,5-7,12H2,1H3,(H,13,14). The average Bonchev–Trinajstić information content (AvgIpc) is 2.77. The van der Waals surface area contributed by atoms with E-state index >= 15 is 0 Å². The molecule has 8 heteroatoms. The number of aromatic nitrogens is 1. The second-order valence-corrected chi connectivity index (χ2v) is 6.75. The number of nitrogens with zero attached hydrogens (tertiary/aromatic N) is 2. The van der Waals surface area contributed by atoms with Crippen LogP contribution in [0.3, 0.4) is 0 Å². The van der Waals surface area contributed by atoms with Crippen molar-refractivity contribution in [1.29, 1.82) is 0 Å². The Labute approximate surface area is 111 Å². The monoisotopic (exact) mass is 284 g/mol. The fourth-order valence-corrected chi connectivity index (χ4v) is 3.84. The maximum atomic E-state index is 12.2. The first-order valence-electron chi connectivity index (χ1n) is 5.84. The van der Waals surface area contributed by atoms with Crippen molar-refractivity contribution in [2.24, 2.45) is 5.84 Å². The number of hydrogen-bond acceptors (Lipinski definition) is 6. The first kappa shape index (κ1) is 13.8. The Morgan fingerprint density at radius 2 is 2.26 bits per heavy atom. The van der Waals surface area contributed by atoms with Crippen LogP contribution in [0.4, 0.5) is 5.82 Å². The molecule has 1 saturated heterocycles. The minimum atomic E-state index is -3.02. The van der Waals surface area contributed by atoms with E-state index in [1.807, 2.05) is 0 Å². The molecule has 0 spiro atoms. The maximum Gasteiger partial charge on any atom is 0.272 e. The van der Waals surface area contributed by atoms with Crippen LogP contribution >= 0.6 is 0 Å². The highest BCUT2D eigenvalue weighted by molar-refractivity contribution is 7.91. The summed E-state index contributed by atoms with van der Waals surface area (Å²) in [6, 6.07) is 4.59. The smallest absolute Gasteiger partial charge is 0.272 e. The van der Waals surface area contributed by atoms with Gasteiger partial charge in [0, 0.05) is 13.1 Å². The minimum absolute atomic E-state index is 0.0179. The van der Waals surface area contributed by atoms with Gasteiger partial charge in [-0.3, -0.25) is 4.79 Å². The molecule has 1 atom stereocenters. The molecule has 1 amide bonds. The van der Waals surface area contributed by atoms with Crippen molar-refractivity contribution in [1.82, 2.24) is 9.88 Å². The fourth-order valence-electron chi connectivity index (χ4n) is 2.06. The number of nitrogen functional groups attached to an aromatic ring is 1. The summed E-state index contributed by atoms with van der Waals surface area (Å²) in [4.78, 5) is 17.7. The Balaban J connectivity index is 2.15. The van der Waals surface area contributed by atoms with E-state index < -0.39 is 9.84 Å². The number of amides is 1. The molecule has 1 aliphatic heterocycles. The van der Waals surface area contributed by atoms with Crippen molar-refractivity contribution < 1.29 is 13.2 Å². The number of hydrogen-bond donors (Lipinski definition) is 2. The lowest BCUT2D eigenvalue weighted by atomic mass is 10.2. The van der Waals surface area contributed by atoms with Crippen molar-refractivity contribution in [3.8, 4) is 0 Å². The molecule has 7 nitrogen and oxygen atoms in total. The molecular weight excluding hydrogens is 268 g/mol. The third-order valence-corrected chi connectivity index (χ3v) is 4.94. The summed E-state index contributed by atoms with van der Waals surface area (Å²) in [5.41, 5.74) is 2.60. The molecule has 0 aliphatic carbocycles. The van der Waals surface area contributed by atoms with Gasteiger partial charge in [0.15, 0.2) is 9.84 Å². The lowest BCUT2D eigenvalue weighted by Gasteiger charge is -2.23. The van der Waals surface area contributed by atoms with Crippen LogP contribution in [0.25, 0.3) is 0 Å². The molecule has 2 heterocycles. The molecule has 1 aromatic rings. The largest absolute Gasteiger partial charge is 0.336 e. The SMILES string of the molecule is CN(C(=O)c1cccc(NN)n1)C1CCS(=O)(=O)C1. The van der Waals surface area contributed by atoms with Gasteiger partial charge in [-0.1, -0.05) is 6.07 Å². The van der Waals surface area contributed by atoms with Crippen molar-refractivity contribution in [2.45, 2.75) is 12.5 Å². The fraction of sp³-hybridized carbons (Fsp3) is 0.455. The van der Waals surface area contributed by atoms with Crippen LogP contribution in [0.2, 0.25) is 0 Å². The van der Waals surface area contributed by atoms with Gasteiger partial charge in [0.05, 0.1) is 11.5 Å². The maximum absolute atomic E-state index is 12.2. The third-order valence-electron chi connectivity index (χ3n) is 3.19. The molecule has 0 bridgehead atoms. The Kier molecular flexibility index (Phi) is 3.72. The van der Waals surface area contributed by atoms with Gasteiger partial charge in [0.25, 0.3) is 5.91 Å². The predicted molar refractivity (Wildman–Crippen MR) is 71.2 cm³/mol. The third kappa shape index (κ3) is 3.02. The van der Waals surface area contributed by atoms with Crippen molar-refractivity contribution >= 4 is 21.6 Å². The minimum Gasteiger partial charge on any atom is -0.336 e. The van der Waals surface area contributed by atoms with Gasteiger partial charge in [-0.2, -0.15) is 0 Å². The van der Waals surface area contributed by atoms with Gasteiger partial charge in [0.2, 0.25) is 0 Å². The average molecular weight is 284 g/mol. The highest BCUT2D eigenvalue weighted by Gasteiger charge is 2.33. The lowest BCUT2D eigenvalue weighted by molar-refractivity contribution is 0.0742. The van der Waals surface area contributed by atoms with E-state index in [1.165, 1.54) is 4.90 Å². The summed E-state index contributed by atoms with van der Waals surface area (Å²) < 4.78 is 22.8. The van der Waals surface area contributed by atoms with Crippen LogP contribution in [-0.2, 0) is 9.84 Å². The molecule has 1 fully saturated rings. The quantitative estimate of drug-likeness (QED) is 0.579. The van der Waals surface area contributed by atoms with Gasteiger partial charge >= 0.3 is 0 Å². The Morgan fingerprint density at radius 1 is 1.53 bits per heavy atom. The van der Waals surface area contributed by atoms with Crippen LogP contribution in [-0.4, -0.2) is 48.8 Å². The number of rotatable bonds is 3. The number of carbonyl (C=O) groups is 1. The number of pyridine rings is 1. The van der Waals surface area contributed by atoms with Crippen LogP contribution in [0, 0.1) is 0 Å². The first-order chi connectivity index (χ1) is 8.93. The molecule has 19 heavy (non-hydrogen) atoms. The zero-order valence-corrected chi connectivity index (χ0v) is 11.4. The van der Waals surface area contributed by atoms with Gasteiger partial charge in [-0.15, -0.1) is 0 Å². The van der Waals surface area contributed by atoms with E-state index in [1.54, 1.807) is 25.2 Å². The number of anilines is 1. The summed E-state index contributed by atoms with van der Waals surface area (Å²) in [6.45, 7) is 0. The highest BCUT2D eigenvalue weighted by Crippen LogP contribution is 2.18. The van der Waals surface area contributed by atoms with E-state index in [2.05, 4.69) is 10.4 Å². The number of nitrogens with one attached hydrogen (secondary N) is 1. The van der Waals surface area contributed by atoms with Gasteiger partial charge in [-0.05, 0) is 18.6 Å². The number of hydrazine groups is 1. The molecule has 1 unspecified atom stereocenters. The molecule has 1 aromatic heterocycles. The number of carbonyl (C=O) groups excluding carboxylic acids is 1. The van der Waals surface area contributed by atoms with E-state index in [9.17, 15) is 13.2 Å². The highest BCUT2D eigenvalue weighted by atomic mass is 32.2. The summed E-state index contributed by atoms with van der Waals surface area (Å²) in [5.74, 6) is 5.47. The second-order valence-electron chi connectivity index (χ2n) is 4.53. The van der Waals surface area contributed by atoms with E-state index in [0.717, 1.165) is 0 Å². The zero-order chi connectivity index (χ0) is 14.0. The molecule has 104 valence electrons. The molecule has 0 saturated carbocycles. The summed E-state index contributed by atoms with van der Waals surface area (Å²) >= 11 is 0. The van der Waals surface area contributed by atoms with E-state index in [-0.39, 0.29) is 29.1 Å². The van der Waals surface area contributed by atoms with Crippen LogP contribution in [0.1, 0.15) is 16.9 Å².